The van der Waals surface area contributed by atoms with Gasteiger partial charge in [0.1, 0.15) is 23.7 Å². The van der Waals surface area contributed by atoms with Crippen LogP contribution in [0.4, 0.5) is 0 Å². The zero-order valence-corrected chi connectivity index (χ0v) is 21.9. The highest BCUT2D eigenvalue weighted by molar-refractivity contribution is 5.30. The second kappa shape index (κ2) is 9.64. The summed E-state index contributed by atoms with van der Waals surface area (Å²) in [7, 11) is 0. The Hall–Kier alpha value is -2.01. The van der Waals surface area contributed by atoms with Gasteiger partial charge < -0.3 is 9.47 Å². The Balaban J connectivity index is 1.59. The Morgan fingerprint density at radius 1 is 0.742 bits per heavy atom. The molecule has 0 radical (unpaired) electrons. The summed E-state index contributed by atoms with van der Waals surface area (Å²) in [5.74, 6) is 1.80. The molecule has 0 heterocycles. The van der Waals surface area contributed by atoms with Crippen molar-refractivity contribution < 1.29 is 30.7 Å². The van der Waals surface area contributed by atoms with Crippen molar-refractivity contribution in [3.8, 4) is 11.5 Å². The molecular weight excluding hydrogens is 495 g/mol. The monoisotopic (exact) mass is 529 g/mol. The zero-order valence-electron chi connectivity index (χ0n) is 19.8. The van der Waals surface area contributed by atoms with Crippen molar-refractivity contribution in [1.29, 1.82) is 0 Å². The summed E-state index contributed by atoms with van der Waals surface area (Å²) in [5.41, 5.74) is 3.84. The molecule has 2 nitrogen and oxygen atoms in total. The van der Waals surface area contributed by atoms with Gasteiger partial charge in [0.25, 0.3) is 0 Å². The van der Waals surface area contributed by atoms with E-state index in [1.54, 1.807) is 0 Å². The number of aryl methyl sites for hydroxylation is 1. The molecule has 3 aromatic carbocycles. The SMILES string of the molecule is Cc1cc(OCc2ccc(OC(C)(C)C)cc2)ccc1[I+]c1ccc(C(C)(C)C)cc1. The molecule has 31 heavy (non-hydrogen) atoms. The third kappa shape index (κ3) is 7.27. The molecule has 0 bridgehead atoms. The van der Waals surface area contributed by atoms with Crippen LogP contribution in [0.3, 0.4) is 0 Å². The quantitative estimate of drug-likeness (QED) is 0.447. The Kier molecular flexibility index (Phi) is 7.35. The highest BCUT2D eigenvalue weighted by Crippen LogP contribution is 2.21. The molecule has 0 atom stereocenters. The molecule has 0 aromatic heterocycles. The van der Waals surface area contributed by atoms with Crippen LogP contribution in [-0.2, 0) is 12.0 Å². The fourth-order valence-electron chi connectivity index (χ4n) is 3.12. The standard InChI is InChI=1S/C28H34IO2/c1-20-18-25(30-19-21-8-14-24(15-9-21)31-28(5,6)7)16-17-26(20)29-23-12-10-22(11-13-23)27(2,3)4/h8-18H,19H2,1-7H3/q+1. The third-order valence-electron chi connectivity index (χ3n) is 4.80. The average molecular weight is 529 g/mol. The van der Waals surface area contributed by atoms with Gasteiger partial charge in [-0.3, -0.25) is 0 Å². The molecule has 3 heteroatoms. The first-order valence-electron chi connectivity index (χ1n) is 10.8. The normalized spacial score (nSPS) is 12.0. The fraction of sp³-hybridized carbons (Fsp3) is 0.357. The van der Waals surface area contributed by atoms with Gasteiger partial charge in [0.15, 0.2) is 7.14 Å². The maximum absolute atomic E-state index is 6.04. The predicted molar refractivity (Wildman–Crippen MR) is 125 cm³/mol. The molecule has 3 aromatic rings. The van der Waals surface area contributed by atoms with E-state index in [2.05, 4.69) is 103 Å². The first-order chi connectivity index (χ1) is 14.5. The molecule has 0 N–H and O–H groups in total. The molecular formula is C28H34IO2+. The molecule has 0 fully saturated rings. The van der Waals surface area contributed by atoms with Crippen molar-refractivity contribution in [1.82, 2.24) is 0 Å². The summed E-state index contributed by atoms with van der Waals surface area (Å²) in [5, 5.41) is 0. The third-order valence-corrected chi connectivity index (χ3v) is 7.94. The zero-order chi connectivity index (χ0) is 22.6. The molecule has 0 unspecified atom stereocenters. The highest BCUT2D eigenvalue weighted by atomic mass is 127. The molecule has 0 saturated heterocycles. The Morgan fingerprint density at radius 3 is 1.90 bits per heavy atom. The number of halogens is 1. The van der Waals surface area contributed by atoms with Gasteiger partial charge in [-0.1, -0.05) is 45.0 Å². The van der Waals surface area contributed by atoms with E-state index in [9.17, 15) is 0 Å². The number of hydrogen-bond donors (Lipinski definition) is 0. The van der Waals surface area contributed by atoms with Gasteiger partial charge in [-0.25, -0.2) is 0 Å². The molecule has 0 spiro atoms. The van der Waals surface area contributed by atoms with Crippen LogP contribution in [0.5, 0.6) is 11.5 Å². The summed E-state index contributed by atoms with van der Waals surface area (Å²) >= 11 is -0.195. The summed E-state index contributed by atoms with van der Waals surface area (Å²) in [6, 6.07) is 23.8. The molecule has 0 amide bonds. The second-order valence-corrected chi connectivity index (χ2v) is 12.9. The summed E-state index contributed by atoms with van der Waals surface area (Å²) < 4.78 is 14.8. The lowest BCUT2D eigenvalue weighted by molar-refractivity contribution is -0.598. The van der Waals surface area contributed by atoms with E-state index in [1.807, 2.05) is 12.1 Å². The minimum atomic E-state index is -0.195. The smallest absolute Gasteiger partial charge is 0.358 e. The van der Waals surface area contributed by atoms with Gasteiger partial charge in [-0.2, -0.15) is 0 Å². The largest absolute Gasteiger partial charge is 0.489 e. The first-order valence-corrected chi connectivity index (χ1v) is 12.9. The van der Waals surface area contributed by atoms with Crippen molar-refractivity contribution in [2.75, 3.05) is 0 Å². The van der Waals surface area contributed by atoms with Gasteiger partial charge in [0, 0.05) is 5.56 Å². The van der Waals surface area contributed by atoms with Crippen LogP contribution in [0.25, 0.3) is 0 Å². The van der Waals surface area contributed by atoms with Gasteiger partial charge >= 0.3 is 21.2 Å². The molecule has 0 aliphatic heterocycles. The Morgan fingerprint density at radius 2 is 1.35 bits per heavy atom. The lowest BCUT2D eigenvalue weighted by Gasteiger charge is -2.21. The van der Waals surface area contributed by atoms with Crippen LogP contribution in [0, 0.1) is 14.1 Å². The average Bonchev–Trinajstić information content (AvgIpc) is 2.68. The van der Waals surface area contributed by atoms with E-state index in [0.29, 0.717) is 6.61 Å². The van der Waals surface area contributed by atoms with Crippen LogP contribution >= 0.6 is 0 Å². The van der Waals surface area contributed by atoms with E-state index in [0.717, 1.165) is 17.1 Å². The predicted octanol–water partition coefficient (Wildman–Crippen LogP) is 4.18. The van der Waals surface area contributed by atoms with Gasteiger partial charge in [0.05, 0.1) is 0 Å². The van der Waals surface area contributed by atoms with E-state index in [4.69, 9.17) is 9.47 Å². The van der Waals surface area contributed by atoms with E-state index >= 15 is 0 Å². The van der Waals surface area contributed by atoms with Crippen LogP contribution in [-0.4, -0.2) is 5.60 Å². The number of rotatable bonds is 6. The van der Waals surface area contributed by atoms with E-state index in [1.165, 1.54) is 18.3 Å². The maximum atomic E-state index is 6.04. The van der Waals surface area contributed by atoms with Crippen molar-refractivity contribution >= 4 is 0 Å². The molecule has 3 rings (SSSR count). The van der Waals surface area contributed by atoms with Crippen LogP contribution < -0.4 is 30.7 Å². The molecule has 0 aliphatic rings. The van der Waals surface area contributed by atoms with Crippen molar-refractivity contribution in [3.63, 3.8) is 0 Å². The minimum Gasteiger partial charge on any atom is -0.489 e. The number of benzene rings is 3. The summed E-state index contributed by atoms with van der Waals surface area (Å²) in [6.45, 7) is 15.7. The maximum Gasteiger partial charge on any atom is 0.358 e. The topological polar surface area (TPSA) is 18.5 Å². The highest BCUT2D eigenvalue weighted by Gasteiger charge is 2.20. The molecule has 0 aliphatic carbocycles. The van der Waals surface area contributed by atoms with Crippen molar-refractivity contribution in [3.05, 3.63) is 90.6 Å². The fourth-order valence-corrected chi connectivity index (χ4v) is 5.45. The Bertz CT molecular complexity index is 991. The van der Waals surface area contributed by atoms with Crippen molar-refractivity contribution in [2.45, 2.75) is 66.1 Å². The van der Waals surface area contributed by atoms with Crippen LogP contribution in [0.15, 0.2) is 66.7 Å². The molecule has 0 saturated carbocycles. The van der Waals surface area contributed by atoms with Crippen molar-refractivity contribution in [2.24, 2.45) is 0 Å². The molecule has 164 valence electrons. The van der Waals surface area contributed by atoms with Gasteiger partial charge in [0.2, 0.25) is 0 Å². The summed E-state index contributed by atoms with van der Waals surface area (Å²) in [6.07, 6.45) is 0. The van der Waals surface area contributed by atoms with Crippen LogP contribution in [0.2, 0.25) is 0 Å². The lowest BCUT2D eigenvalue weighted by Crippen LogP contribution is -3.61. The van der Waals surface area contributed by atoms with Crippen LogP contribution in [0.1, 0.15) is 58.2 Å². The van der Waals surface area contributed by atoms with Gasteiger partial charge in [-0.15, -0.1) is 0 Å². The Labute approximate surface area is 198 Å². The lowest BCUT2D eigenvalue weighted by atomic mass is 9.87. The summed E-state index contributed by atoms with van der Waals surface area (Å²) in [4.78, 5) is 0. The number of ether oxygens (including phenoxy) is 2. The van der Waals surface area contributed by atoms with Gasteiger partial charge in [-0.05, 0) is 86.7 Å². The number of hydrogen-bond acceptors (Lipinski definition) is 2. The van der Waals surface area contributed by atoms with E-state index in [-0.39, 0.29) is 32.2 Å². The second-order valence-electron chi connectivity index (χ2n) is 9.91. The first kappa shape index (κ1) is 23.6. The van der Waals surface area contributed by atoms with E-state index < -0.39 is 0 Å². The minimum absolute atomic E-state index is 0.186.